The van der Waals surface area contributed by atoms with E-state index in [9.17, 15) is 14.4 Å². The van der Waals surface area contributed by atoms with E-state index in [1.165, 1.54) is 0 Å². The van der Waals surface area contributed by atoms with Crippen molar-refractivity contribution in [3.05, 3.63) is 11.9 Å². The van der Waals surface area contributed by atoms with Gasteiger partial charge >= 0.3 is 6.03 Å². The molecule has 1 saturated carbocycles. The highest BCUT2D eigenvalue weighted by Crippen LogP contribution is 2.38. The van der Waals surface area contributed by atoms with Gasteiger partial charge in [0.2, 0.25) is 5.91 Å². The molecular formula is C17H23N5O3. The van der Waals surface area contributed by atoms with E-state index < -0.39 is 11.6 Å². The van der Waals surface area contributed by atoms with E-state index in [1.54, 1.807) is 11.1 Å². The lowest BCUT2D eigenvalue weighted by atomic mass is 9.73. The van der Waals surface area contributed by atoms with Crippen molar-refractivity contribution in [3.63, 3.8) is 0 Å². The number of nitrogens with one attached hydrogen (secondary N) is 2. The van der Waals surface area contributed by atoms with Gasteiger partial charge in [0.1, 0.15) is 12.1 Å². The normalized spacial score (nSPS) is 29.1. The van der Waals surface area contributed by atoms with Crippen molar-refractivity contribution in [2.24, 2.45) is 5.92 Å². The van der Waals surface area contributed by atoms with Crippen LogP contribution in [0.3, 0.4) is 0 Å². The number of carbonyl (C=O) groups excluding carboxylic acids is 3. The van der Waals surface area contributed by atoms with Crippen molar-refractivity contribution >= 4 is 23.5 Å². The molecule has 0 aromatic carbocycles. The van der Waals surface area contributed by atoms with Crippen LogP contribution in [0.4, 0.5) is 10.5 Å². The molecule has 3 aliphatic rings. The molecular weight excluding hydrogens is 322 g/mol. The first kappa shape index (κ1) is 16.1. The average Bonchev–Trinajstić information content (AvgIpc) is 3.17. The molecule has 8 heteroatoms. The number of anilines is 1. The lowest BCUT2D eigenvalue weighted by Crippen LogP contribution is -2.54. The van der Waals surface area contributed by atoms with E-state index in [2.05, 4.69) is 15.5 Å². The summed E-state index contributed by atoms with van der Waals surface area (Å²) in [5.41, 5.74) is 0.858. The van der Waals surface area contributed by atoms with Gasteiger partial charge < -0.3 is 10.2 Å². The molecule has 0 radical (unpaired) electrons. The number of aromatic amines is 1. The van der Waals surface area contributed by atoms with Crippen molar-refractivity contribution in [3.8, 4) is 0 Å². The van der Waals surface area contributed by atoms with Crippen LogP contribution in [-0.4, -0.2) is 51.6 Å². The molecule has 2 atom stereocenters. The molecule has 4 rings (SSSR count). The average molecular weight is 345 g/mol. The number of carbonyl (C=O) groups is 3. The Hall–Kier alpha value is -2.38. The third kappa shape index (κ3) is 2.42. The Balaban J connectivity index is 1.53. The summed E-state index contributed by atoms with van der Waals surface area (Å²) >= 11 is 0. The van der Waals surface area contributed by atoms with Crippen LogP contribution >= 0.6 is 0 Å². The van der Waals surface area contributed by atoms with Gasteiger partial charge in [0.05, 0.1) is 17.6 Å². The smallest absolute Gasteiger partial charge is 0.323 e. The summed E-state index contributed by atoms with van der Waals surface area (Å²) in [6.45, 7) is 2.37. The number of fused-ring (bicyclic) bond motifs is 1. The molecule has 1 aliphatic carbocycles. The van der Waals surface area contributed by atoms with Crippen LogP contribution < -0.4 is 10.2 Å². The van der Waals surface area contributed by atoms with E-state index in [0.29, 0.717) is 13.0 Å². The Morgan fingerprint density at radius 2 is 2.20 bits per heavy atom. The van der Waals surface area contributed by atoms with Crippen molar-refractivity contribution in [2.75, 3.05) is 18.0 Å². The van der Waals surface area contributed by atoms with Crippen LogP contribution in [0.5, 0.6) is 0 Å². The second-order valence-corrected chi connectivity index (χ2v) is 7.32. The van der Waals surface area contributed by atoms with E-state index >= 15 is 0 Å². The summed E-state index contributed by atoms with van der Waals surface area (Å²) in [5.74, 6) is -0.401. The number of nitrogens with zero attached hydrogens (tertiary/aromatic N) is 3. The van der Waals surface area contributed by atoms with E-state index in [0.717, 1.165) is 48.4 Å². The SMILES string of the molecule is C[C@@H]1CCCC[C@@]12NC(=O)N(CC(=O)N1CCCc3[nH]ncc31)C2=O. The van der Waals surface area contributed by atoms with Crippen molar-refractivity contribution in [1.29, 1.82) is 0 Å². The van der Waals surface area contributed by atoms with Crippen LogP contribution in [-0.2, 0) is 16.0 Å². The van der Waals surface area contributed by atoms with Crippen molar-refractivity contribution in [1.82, 2.24) is 20.4 Å². The molecule has 134 valence electrons. The maximum Gasteiger partial charge on any atom is 0.325 e. The minimum atomic E-state index is -0.821. The second-order valence-electron chi connectivity index (χ2n) is 7.32. The summed E-state index contributed by atoms with van der Waals surface area (Å²) in [7, 11) is 0. The molecule has 0 unspecified atom stereocenters. The van der Waals surface area contributed by atoms with Crippen LogP contribution in [0.1, 0.15) is 44.7 Å². The van der Waals surface area contributed by atoms with Crippen molar-refractivity contribution in [2.45, 2.75) is 51.0 Å². The molecule has 8 nitrogen and oxygen atoms in total. The quantitative estimate of drug-likeness (QED) is 0.787. The summed E-state index contributed by atoms with van der Waals surface area (Å²) in [4.78, 5) is 40.9. The molecule has 1 spiro atoms. The molecule has 1 aromatic rings. The fourth-order valence-electron chi connectivity index (χ4n) is 4.38. The van der Waals surface area contributed by atoms with Gasteiger partial charge in [-0.15, -0.1) is 0 Å². The van der Waals surface area contributed by atoms with Gasteiger partial charge in [-0.1, -0.05) is 19.8 Å². The fraction of sp³-hybridized carbons (Fsp3) is 0.647. The minimum absolute atomic E-state index is 0.0910. The van der Waals surface area contributed by atoms with Crippen molar-refractivity contribution < 1.29 is 14.4 Å². The minimum Gasteiger partial charge on any atom is -0.323 e. The monoisotopic (exact) mass is 345 g/mol. The van der Waals surface area contributed by atoms with Gasteiger partial charge in [0, 0.05) is 6.54 Å². The Labute approximate surface area is 145 Å². The maximum atomic E-state index is 13.0. The number of hydrogen-bond donors (Lipinski definition) is 2. The molecule has 25 heavy (non-hydrogen) atoms. The van der Waals surface area contributed by atoms with E-state index in [4.69, 9.17) is 0 Å². The van der Waals surface area contributed by atoms with Gasteiger partial charge in [-0.3, -0.25) is 19.6 Å². The summed E-state index contributed by atoms with van der Waals surface area (Å²) in [5, 5.41) is 9.79. The third-order valence-corrected chi connectivity index (χ3v) is 5.89. The molecule has 2 N–H and O–H groups in total. The number of rotatable bonds is 2. The predicted molar refractivity (Wildman–Crippen MR) is 89.9 cm³/mol. The van der Waals surface area contributed by atoms with Gasteiger partial charge in [-0.05, 0) is 31.6 Å². The number of imide groups is 1. The standard InChI is InChI=1S/C17H23N5O3/c1-11-5-2-3-7-17(11)15(24)22(16(25)19-17)10-14(23)21-8-4-6-12-13(21)9-18-20-12/h9,11H,2-8,10H2,1H3,(H,18,20)(H,19,25)/t11-,17-/m1/s1. The highest BCUT2D eigenvalue weighted by atomic mass is 16.2. The Morgan fingerprint density at radius 3 is 3.00 bits per heavy atom. The Morgan fingerprint density at radius 1 is 1.36 bits per heavy atom. The summed E-state index contributed by atoms with van der Waals surface area (Å²) in [6.07, 6.45) is 6.87. The Kier molecular flexibility index (Phi) is 3.77. The maximum absolute atomic E-state index is 13.0. The number of H-pyrrole nitrogens is 1. The van der Waals surface area contributed by atoms with Crippen LogP contribution in [0.2, 0.25) is 0 Å². The van der Waals surface area contributed by atoms with Gasteiger partial charge in [0.15, 0.2) is 0 Å². The summed E-state index contributed by atoms with van der Waals surface area (Å²) < 4.78 is 0. The van der Waals surface area contributed by atoms with Gasteiger partial charge in [0.25, 0.3) is 5.91 Å². The fourth-order valence-corrected chi connectivity index (χ4v) is 4.38. The first-order chi connectivity index (χ1) is 12.0. The lowest BCUT2D eigenvalue weighted by molar-refractivity contribution is -0.136. The van der Waals surface area contributed by atoms with Crippen LogP contribution in [0.15, 0.2) is 6.20 Å². The topological polar surface area (TPSA) is 98.4 Å². The molecule has 2 fully saturated rings. The Bertz CT molecular complexity index is 730. The molecule has 4 amide bonds. The first-order valence-electron chi connectivity index (χ1n) is 8.99. The molecule has 1 saturated heterocycles. The largest absolute Gasteiger partial charge is 0.325 e. The molecule has 3 heterocycles. The highest BCUT2D eigenvalue weighted by molar-refractivity contribution is 6.10. The van der Waals surface area contributed by atoms with Gasteiger partial charge in [-0.25, -0.2) is 4.79 Å². The number of aryl methyl sites for hydroxylation is 1. The number of urea groups is 1. The second kappa shape index (κ2) is 5.86. The zero-order valence-corrected chi connectivity index (χ0v) is 14.4. The number of amides is 4. The number of aromatic nitrogens is 2. The van der Waals surface area contributed by atoms with Crippen LogP contribution in [0.25, 0.3) is 0 Å². The molecule has 1 aromatic heterocycles. The molecule has 2 aliphatic heterocycles. The third-order valence-electron chi connectivity index (χ3n) is 5.89. The van der Waals surface area contributed by atoms with Crippen LogP contribution in [0, 0.1) is 5.92 Å². The zero-order chi connectivity index (χ0) is 17.6. The zero-order valence-electron chi connectivity index (χ0n) is 14.4. The highest BCUT2D eigenvalue weighted by Gasteiger charge is 2.55. The summed E-state index contributed by atoms with van der Waals surface area (Å²) in [6, 6.07) is -0.448. The van der Waals surface area contributed by atoms with E-state index in [1.807, 2.05) is 6.92 Å². The first-order valence-corrected chi connectivity index (χ1v) is 8.99. The molecule has 0 bridgehead atoms. The van der Waals surface area contributed by atoms with E-state index in [-0.39, 0.29) is 24.3 Å². The number of hydrogen-bond acceptors (Lipinski definition) is 4. The van der Waals surface area contributed by atoms with Gasteiger partial charge in [-0.2, -0.15) is 5.10 Å². The predicted octanol–water partition coefficient (Wildman–Crippen LogP) is 1.19. The lowest BCUT2D eigenvalue weighted by Gasteiger charge is -2.37.